The number of rotatable bonds is 5. The van der Waals surface area contributed by atoms with Gasteiger partial charge in [0.1, 0.15) is 0 Å². The molecule has 30 heavy (non-hydrogen) atoms. The van der Waals surface area contributed by atoms with E-state index in [0.717, 1.165) is 37.9 Å². The molecule has 2 aromatic carbocycles. The van der Waals surface area contributed by atoms with Crippen molar-refractivity contribution >= 4 is 40.4 Å². The Balaban J connectivity index is 1.37. The number of piperazine rings is 1. The van der Waals surface area contributed by atoms with E-state index in [4.69, 9.17) is 0 Å². The highest BCUT2D eigenvalue weighted by Gasteiger charge is 2.36. The number of nitro benzene ring substituents is 1. The van der Waals surface area contributed by atoms with Crippen LogP contribution in [0.3, 0.4) is 0 Å². The normalized spacial score (nSPS) is 19.0. The summed E-state index contributed by atoms with van der Waals surface area (Å²) in [5.74, 6) is -0.325. The SMILES string of the molecule is O=C1S/C(=C/c2ccc([N+](=O)[O-])cc2)C(=O)N1CN1CCN(c2ccccc2)CC1. The van der Waals surface area contributed by atoms with Gasteiger partial charge in [-0.15, -0.1) is 0 Å². The van der Waals surface area contributed by atoms with Crippen molar-refractivity contribution in [3.63, 3.8) is 0 Å². The van der Waals surface area contributed by atoms with Gasteiger partial charge >= 0.3 is 0 Å². The lowest BCUT2D eigenvalue weighted by Gasteiger charge is -2.37. The number of thioether (sulfide) groups is 1. The molecule has 2 aromatic rings. The molecule has 8 nitrogen and oxygen atoms in total. The monoisotopic (exact) mass is 424 g/mol. The van der Waals surface area contributed by atoms with Crippen LogP contribution in [-0.4, -0.2) is 58.7 Å². The highest BCUT2D eigenvalue weighted by atomic mass is 32.2. The Morgan fingerprint density at radius 3 is 2.27 bits per heavy atom. The number of nitro groups is 1. The number of hydrogen-bond acceptors (Lipinski definition) is 7. The molecule has 2 saturated heterocycles. The van der Waals surface area contributed by atoms with Crippen LogP contribution >= 0.6 is 11.8 Å². The van der Waals surface area contributed by atoms with Gasteiger partial charge in [-0.2, -0.15) is 0 Å². The smallest absolute Gasteiger partial charge is 0.294 e. The summed E-state index contributed by atoms with van der Waals surface area (Å²) < 4.78 is 0. The molecule has 2 amide bonds. The van der Waals surface area contributed by atoms with E-state index in [9.17, 15) is 19.7 Å². The molecule has 0 unspecified atom stereocenters. The Labute approximate surface area is 177 Å². The first-order chi connectivity index (χ1) is 14.5. The lowest BCUT2D eigenvalue weighted by molar-refractivity contribution is -0.384. The maximum atomic E-state index is 12.7. The lowest BCUT2D eigenvalue weighted by atomic mass is 10.2. The van der Waals surface area contributed by atoms with Crippen molar-refractivity contribution in [3.8, 4) is 0 Å². The van der Waals surface area contributed by atoms with Crippen molar-refractivity contribution in [2.75, 3.05) is 37.7 Å². The molecule has 2 heterocycles. The molecule has 0 aliphatic carbocycles. The number of anilines is 1. The largest absolute Gasteiger partial charge is 0.369 e. The van der Waals surface area contributed by atoms with E-state index < -0.39 is 4.92 Å². The average molecular weight is 424 g/mol. The predicted molar refractivity (Wildman–Crippen MR) is 116 cm³/mol. The Kier molecular flexibility index (Phi) is 5.82. The van der Waals surface area contributed by atoms with Crippen molar-refractivity contribution in [1.82, 2.24) is 9.80 Å². The van der Waals surface area contributed by atoms with Crippen LogP contribution in [-0.2, 0) is 4.79 Å². The molecule has 0 saturated carbocycles. The van der Waals surface area contributed by atoms with Gasteiger partial charge in [-0.3, -0.25) is 29.5 Å². The van der Waals surface area contributed by atoms with E-state index >= 15 is 0 Å². The van der Waals surface area contributed by atoms with Crippen LogP contribution in [0.15, 0.2) is 59.5 Å². The summed E-state index contributed by atoms with van der Waals surface area (Å²) in [5, 5.41) is 10.5. The lowest BCUT2D eigenvalue weighted by Crippen LogP contribution is -2.50. The molecule has 0 N–H and O–H groups in total. The fourth-order valence-corrected chi connectivity index (χ4v) is 4.28. The number of non-ortho nitro benzene ring substituents is 1. The molecule has 0 radical (unpaired) electrons. The maximum absolute atomic E-state index is 12.7. The molecule has 2 aliphatic rings. The summed E-state index contributed by atoms with van der Waals surface area (Å²) in [6, 6.07) is 16.1. The van der Waals surface area contributed by atoms with Crippen molar-refractivity contribution in [1.29, 1.82) is 0 Å². The number of nitrogens with zero attached hydrogens (tertiary/aromatic N) is 4. The minimum Gasteiger partial charge on any atom is -0.369 e. The molecule has 154 valence electrons. The molecule has 2 aliphatic heterocycles. The first-order valence-electron chi connectivity index (χ1n) is 9.53. The summed E-state index contributed by atoms with van der Waals surface area (Å²) in [6.45, 7) is 3.46. The summed E-state index contributed by atoms with van der Waals surface area (Å²) in [7, 11) is 0. The first kappa shape index (κ1) is 20.1. The third-order valence-corrected chi connectivity index (χ3v) is 6.02. The number of amides is 2. The number of carbonyl (C=O) groups is 2. The second-order valence-corrected chi connectivity index (χ2v) is 8.03. The number of benzene rings is 2. The van der Waals surface area contributed by atoms with Crippen molar-refractivity contribution in [2.24, 2.45) is 0 Å². The maximum Gasteiger partial charge on any atom is 0.294 e. The van der Waals surface area contributed by atoms with Crippen LogP contribution in [0.5, 0.6) is 0 Å². The number of carbonyl (C=O) groups excluding carboxylic acids is 2. The summed E-state index contributed by atoms with van der Waals surface area (Å²) in [6.07, 6.45) is 1.60. The van der Waals surface area contributed by atoms with Crippen LogP contribution in [0.4, 0.5) is 16.2 Å². The second-order valence-electron chi connectivity index (χ2n) is 7.04. The van der Waals surface area contributed by atoms with E-state index in [1.54, 1.807) is 18.2 Å². The van der Waals surface area contributed by atoms with Gasteiger partial charge in [0, 0.05) is 44.0 Å². The molecule has 0 aromatic heterocycles. The first-order valence-corrected chi connectivity index (χ1v) is 10.3. The molecule has 0 spiro atoms. The van der Waals surface area contributed by atoms with Crippen molar-refractivity contribution < 1.29 is 14.5 Å². The topological polar surface area (TPSA) is 87.0 Å². The second kappa shape index (κ2) is 8.68. The van der Waals surface area contributed by atoms with E-state index in [2.05, 4.69) is 21.9 Å². The third-order valence-electron chi connectivity index (χ3n) is 5.11. The van der Waals surface area contributed by atoms with E-state index in [1.807, 2.05) is 18.2 Å². The molecule has 2 fully saturated rings. The predicted octanol–water partition coefficient (Wildman–Crippen LogP) is 3.41. The molecule has 4 rings (SSSR count). The van der Waals surface area contributed by atoms with Gasteiger partial charge in [0.05, 0.1) is 16.5 Å². The van der Waals surface area contributed by atoms with E-state index in [0.29, 0.717) is 10.5 Å². The van der Waals surface area contributed by atoms with E-state index in [1.165, 1.54) is 22.7 Å². The number of imide groups is 1. The minimum absolute atomic E-state index is 0.0186. The zero-order chi connectivity index (χ0) is 21.1. The van der Waals surface area contributed by atoms with Gasteiger partial charge in [-0.1, -0.05) is 18.2 Å². The van der Waals surface area contributed by atoms with Gasteiger partial charge in [0.2, 0.25) is 0 Å². The fourth-order valence-electron chi connectivity index (χ4n) is 3.45. The molecular formula is C21H20N4O4S. The van der Waals surface area contributed by atoms with E-state index in [-0.39, 0.29) is 23.5 Å². The Hall–Kier alpha value is -3.17. The van der Waals surface area contributed by atoms with Gasteiger partial charge in [0.25, 0.3) is 16.8 Å². The van der Waals surface area contributed by atoms with Gasteiger partial charge < -0.3 is 4.90 Å². The molecular weight excluding hydrogens is 404 g/mol. The fraction of sp³-hybridized carbons (Fsp3) is 0.238. The van der Waals surface area contributed by atoms with Crippen LogP contribution < -0.4 is 4.90 Å². The van der Waals surface area contributed by atoms with Crippen LogP contribution in [0.2, 0.25) is 0 Å². The van der Waals surface area contributed by atoms with Crippen molar-refractivity contribution in [3.05, 3.63) is 75.2 Å². The Morgan fingerprint density at radius 2 is 1.63 bits per heavy atom. The summed E-state index contributed by atoms with van der Waals surface area (Å²) >= 11 is 0.901. The highest BCUT2D eigenvalue weighted by molar-refractivity contribution is 8.18. The van der Waals surface area contributed by atoms with Crippen LogP contribution in [0, 0.1) is 10.1 Å². The van der Waals surface area contributed by atoms with Crippen LogP contribution in [0.1, 0.15) is 5.56 Å². The molecule has 0 bridgehead atoms. The number of para-hydroxylation sites is 1. The van der Waals surface area contributed by atoms with Gasteiger partial charge in [-0.05, 0) is 47.7 Å². The number of hydrogen-bond donors (Lipinski definition) is 0. The van der Waals surface area contributed by atoms with Crippen LogP contribution in [0.25, 0.3) is 6.08 Å². The average Bonchev–Trinajstić information content (AvgIpc) is 3.02. The van der Waals surface area contributed by atoms with Gasteiger partial charge in [-0.25, -0.2) is 0 Å². The summed E-state index contributed by atoms with van der Waals surface area (Å²) in [4.78, 5) is 41.4. The highest BCUT2D eigenvalue weighted by Crippen LogP contribution is 2.32. The standard InChI is InChI=1S/C21H20N4O4S/c26-20-19(14-16-6-8-18(9-7-16)25(28)29)30-21(27)24(20)15-22-10-12-23(13-11-22)17-4-2-1-3-5-17/h1-9,14H,10-13,15H2/b19-14+. The third kappa shape index (κ3) is 4.37. The quantitative estimate of drug-likeness (QED) is 0.413. The summed E-state index contributed by atoms with van der Waals surface area (Å²) in [5.41, 5.74) is 1.80. The Morgan fingerprint density at radius 1 is 0.967 bits per heavy atom. The zero-order valence-corrected chi connectivity index (χ0v) is 17.0. The zero-order valence-electron chi connectivity index (χ0n) is 16.1. The minimum atomic E-state index is -0.477. The Bertz CT molecular complexity index is 986. The van der Waals surface area contributed by atoms with Gasteiger partial charge in [0.15, 0.2) is 0 Å². The molecule has 9 heteroatoms. The van der Waals surface area contributed by atoms with Crippen molar-refractivity contribution in [2.45, 2.75) is 0 Å². The molecule has 0 atom stereocenters.